The zero-order chi connectivity index (χ0) is 15.6. The van der Waals surface area contributed by atoms with Crippen LogP contribution in [0.25, 0.3) is 0 Å². The van der Waals surface area contributed by atoms with E-state index in [1.807, 2.05) is 0 Å². The first-order chi connectivity index (χ1) is 10.5. The Bertz CT molecular complexity index is 580. The lowest BCUT2D eigenvalue weighted by Gasteiger charge is -2.50. The van der Waals surface area contributed by atoms with Gasteiger partial charge in [0.15, 0.2) is 0 Å². The van der Waals surface area contributed by atoms with E-state index in [-0.39, 0.29) is 11.4 Å². The fourth-order valence-electron chi connectivity index (χ4n) is 3.50. The van der Waals surface area contributed by atoms with Gasteiger partial charge in [0, 0.05) is 32.8 Å². The first kappa shape index (κ1) is 16.4. The highest BCUT2D eigenvalue weighted by molar-refractivity contribution is 7.89. The van der Waals surface area contributed by atoms with Crippen molar-refractivity contribution in [2.75, 3.05) is 32.0 Å². The van der Waals surface area contributed by atoms with Crippen LogP contribution in [0.2, 0.25) is 0 Å². The molecule has 124 valence electrons. The average Bonchev–Trinajstić information content (AvgIpc) is 3.08. The number of nitrogens with zero attached hydrogens (tertiary/aromatic N) is 1. The Morgan fingerprint density at radius 1 is 1.50 bits per heavy atom. The van der Waals surface area contributed by atoms with Crippen LogP contribution < -0.4 is 4.72 Å². The number of hydrogen-bond donors (Lipinski definition) is 1. The Hall–Kier alpha value is -0.470. The molecule has 0 aliphatic carbocycles. The van der Waals surface area contributed by atoms with Crippen molar-refractivity contribution in [2.24, 2.45) is 5.92 Å². The first-order valence-corrected chi connectivity index (χ1v) is 10.5. The third-order valence-electron chi connectivity index (χ3n) is 4.76. The Morgan fingerprint density at radius 3 is 3.00 bits per heavy atom. The third kappa shape index (κ3) is 3.54. The molecule has 22 heavy (non-hydrogen) atoms. The van der Waals surface area contributed by atoms with Crippen LogP contribution in [0.5, 0.6) is 0 Å². The van der Waals surface area contributed by atoms with Crippen LogP contribution in [0.3, 0.4) is 0 Å². The monoisotopic (exact) mass is 344 g/mol. The minimum atomic E-state index is -3.08. The van der Waals surface area contributed by atoms with Crippen molar-refractivity contribution in [3.63, 3.8) is 0 Å². The highest BCUT2D eigenvalue weighted by Crippen LogP contribution is 2.42. The van der Waals surface area contributed by atoms with Crippen molar-refractivity contribution in [2.45, 2.75) is 31.9 Å². The molecular weight excluding hydrogens is 320 g/mol. The minimum absolute atomic E-state index is 0.0340. The van der Waals surface area contributed by atoms with Crippen molar-refractivity contribution in [1.29, 1.82) is 0 Å². The minimum Gasteiger partial charge on any atom is -0.372 e. The summed E-state index contributed by atoms with van der Waals surface area (Å²) in [7, 11) is -3.08. The fraction of sp³-hybridized carbons (Fsp3) is 0.733. The summed E-state index contributed by atoms with van der Waals surface area (Å²) >= 11 is 1.73. The van der Waals surface area contributed by atoms with Crippen LogP contribution in [0.4, 0.5) is 0 Å². The lowest BCUT2D eigenvalue weighted by atomic mass is 9.79. The maximum absolute atomic E-state index is 11.5. The topological polar surface area (TPSA) is 58.6 Å². The molecule has 7 heteroatoms. The van der Waals surface area contributed by atoms with Crippen molar-refractivity contribution >= 4 is 21.4 Å². The highest BCUT2D eigenvalue weighted by Gasteiger charge is 2.52. The second-order valence-corrected chi connectivity index (χ2v) is 9.14. The lowest BCUT2D eigenvalue weighted by molar-refractivity contribution is -0.136. The van der Waals surface area contributed by atoms with Gasteiger partial charge in [0.05, 0.1) is 11.4 Å². The molecule has 1 atom stereocenters. The van der Waals surface area contributed by atoms with Crippen molar-refractivity contribution < 1.29 is 13.2 Å². The van der Waals surface area contributed by atoms with E-state index in [9.17, 15) is 8.42 Å². The van der Waals surface area contributed by atoms with E-state index in [0.717, 1.165) is 39.1 Å². The molecule has 3 rings (SSSR count). The SMILES string of the molecule is CCS(=O)(=O)NCC[C@H]1CCOC12CN(Cc1ccsc1)C2. The Labute approximate surface area is 136 Å². The Kier molecular flexibility index (Phi) is 4.89. The van der Waals surface area contributed by atoms with Gasteiger partial charge in [-0.25, -0.2) is 13.1 Å². The lowest BCUT2D eigenvalue weighted by Crippen LogP contribution is -2.64. The fourth-order valence-corrected chi connectivity index (χ4v) is 4.79. The van der Waals surface area contributed by atoms with Crippen LogP contribution in [-0.4, -0.2) is 50.9 Å². The number of hydrogen-bond acceptors (Lipinski definition) is 5. The molecular formula is C15H24N2O3S2. The van der Waals surface area contributed by atoms with Crippen LogP contribution >= 0.6 is 11.3 Å². The van der Waals surface area contributed by atoms with Gasteiger partial charge in [-0.15, -0.1) is 0 Å². The molecule has 1 aromatic rings. The van der Waals surface area contributed by atoms with E-state index in [1.54, 1.807) is 18.3 Å². The van der Waals surface area contributed by atoms with Crippen LogP contribution in [-0.2, 0) is 21.3 Å². The average molecular weight is 345 g/mol. The maximum Gasteiger partial charge on any atom is 0.211 e. The van der Waals surface area contributed by atoms with E-state index in [0.29, 0.717) is 12.5 Å². The summed E-state index contributed by atoms with van der Waals surface area (Å²) in [6, 6.07) is 2.17. The molecule has 0 bridgehead atoms. The molecule has 2 aliphatic rings. The van der Waals surface area contributed by atoms with Gasteiger partial charge in [0.25, 0.3) is 0 Å². The van der Waals surface area contributed by atoms with Gasteiger partial charge in [-0.3, -0.25) is 4.90 Å². The van der Waals surface area contributed by atoms with Crippen molar-refractivity contribution in [1.82, 2.24) is 9.62 Å². The summed E-state index contributed by atoms with van der Waals surface area (Å²) in [6.45, 7) is 5.91. The smallest absolute Gasteiger partial charge is 0.211 e. The van der Waals surface area contributed by atoms with Gasteiger partial charge in [0.1, 0.15) is 0 Å². The molecule has 3 heterocycles. The predicted octanol–water partition coefficient (Wildman–Crippen LogP) is 1.67. The predicted molar refractivity (Wildman–Crippen MR) is 88.5 cm³/mol. The van der Waals surface area contributed by atoms with E-state index in [4.69, 9.17) is 4.74 Å². The van der Waals surface area contributed by atoms with E-state index in [1.165, 1.54) is 5.56 Å². The maximum atomic E-state index is 11.5. The van der Waals surface area contributed by atoms with E-state index >= 15 is 0 Å². The number of nitrogens with one attached hydrogen (secondary N) is 1. The highest BCUT2D eigenvalue weighted by atomic mass is 32.2. The summed E-state index contributed by atoms with van der Waals surface area (Å²) in [5.74, 6) is 0.610. The third-order valence-corrected chi connectivity index (χ3v) is 6.90. The van der Waals surface area contributed by atoms with Crippen LogP contribution in [0.1, 0.15) is 25.3 Å². The van der Waals surface area contributed by atoms with Crippen molar-refractivity contribution in [3.8, 4) is 0 Å². The molecule has 0 amide bonds. The number of ether oxygens (including phenoxy) is 1. The molecule has 1 N–H and O–H groups in total. The van der Waals surface area contributed by atoms with Gasteiger partial charge >= 0.3 is 0 Å². The largest absolute Gasteiger partial charge is 0.372 e. The van der Waals surface area contributed by atoms with Gasteiger partial charge in [-0.05, 0) is 48.1 Å². The van der Waals surface area contributed by atoms with Gasteiger partial charge < -0.3 is 4.74 Å². The summed E-state index contributed by atoms with van der Waals surface area (Å²) in [6.07, 6.45) is 1.91. The number of thiophene rings is 1. The summed E-state index contributed by atoms with van der Waals surface area (Å²) in [5, 5.41) is 4.30. The van der Waals surface area contributed by atoms with Gasteiger partial charge in [0.2, 0.25) is 10.0 Å². The van der Waals surface area contributed by atoms with E-state index < -0.39 is 10.0 Å². The molecule has 0 aromatic carbocycles. The van der Waals surface area contributed by atoms with Crippen LogP contribution in [0, 0.1) is 5.92 Å². The van der Waals surface area contributed by atoms with Gasteiger partial charge in [-0.1, -0.05) is 0 Å². The molecule has 5 nitrogen and oxygen atoms in total. The summed E-state index contributed by atoms with van der Waals surface area (Å²) in [5.41, 5.74) is 1.33. The van der Waals surface area contributed by atoms with Crippen molar-refractivity contribution in [3.05, 3.63) is 22.4 Å². The second-order valence-electron chi connectivity index (χ2n) is 6.26. The number of sulfonamides is 1. The standard InChI is InChI=1S/C15H24N2O3S2/c1-2-22(18,19)16-6-3-14-4-7-20-15(14)11-17(12-15)9-13-5-8-21-10-13/h5,8,10,14,16H,2-4,6-7,9,11-12H2,1H3/t14-/m0/s1. The first-order valence-electron chi connectivity index (χ1n) is 7.88. The molecule has 0 saturated carbocycles. The Balaban J connectivity index is 1.47. The van der Waals surface area contributed by atoms with Gasteiger partial charge in [-0.2, -0.15) is 11.3 Å². The normalized spacial score (nSPS) is 24.7. The second kappa shape index (κ2) is 6.57. The molecule has 1 aromatic heterocycles. The van der Waals surface area contributed by atoms with E-state index in [2.05, 4.69) is 26.4 Å². The zero-order valence-corrected chi connectivity index (χ0v) is 14.6. The van der Waals surface area contributed by atoms with Crippen LogP contribution in [0.15, 0.2) is 16.8 Å². The molecule has 2 fully saturated rings. The molecule has 2 aliphatic heterocycles. The molecule has 2 saturated heterocycles. The molecule has 1 spiro atoms. The number of likely N-dealkylation sites (tertiary alicyclic amines) is 1. The number of rotatable bonds is 7. The molecule has 0 unspecified atom stereocenters. The Morgan fingerprint density at radius 2 is 2.32 bits per heavy atom. The quantitative estimate of drug-likeness (QED) is 0.817. The summed E-state index contributed by atoms with van der Waals surface area (Å²) in [4.78, 5) is 2.41. The zero-order valence-electron chi connectivity index (χ0n) is 13.0. The molecule has 0 radical (unpaired) electrons. The summed E-state index contributed by atoms with van der Waals surface area (Å²) < 4.78 is 31.7.